The summed E-state index contributed by atoms with van der Waals surface area (Å²) in [7, 11) is 0. The third-order valence-electron chi connectivity index (χ3n) is 4.76. The van der Waals surface area contributed by atoms with E-state index in [2.05, 4.69) is 21.8 Å². The van der Waals surface area contributed by atoms with E-state index >= 15 is 0 Å². The van der Waals surface area contributed by atoms with Gasteiger partial charge in [0.25, 0.3) is 5.91 Å². The summed E-state index contributed by atoms with van der Waals surface area (Å²) in [6.07, 6.45) is 3.75. The Hall–Kier alpha value is -3.53. The van der Waals surface area contributed by atoms with E-state index in [-0.39, 0.29) is 17.1 Å². The van der Waals surface area contributed by atoms with Crippen molar-refractivity contribution in [3.05, 3.63) is 40.7 Å². The number of carbonyl (C=O) groups excluding carboxylic acids is 1. The van der Waals surface area contributed by atoms with Crippen molar-refractivity contribution in [3.8, 4) is 23.3 Å². The molecule has 5 N–H and O–H groups in total. The van der Waals surface area contributed by atoms with Gasteiger partial charge in [0, 0.05) is 11.5 Å². The van der Waals surface area contributed by atoms with Crippen molar-refractivity contribution in [2.75, 3.05) is 5.73 Å². The first-order valence-corrected chi connectivity index (χ1v) is 8.66. The topological polar surface area (TPSA) is 120 Å². The summed E-state index contributed by atoms with van der Waals surface area (Å²) >= 11 is 0. The number of phenolic OH excluding ortho intramolecular Hbond substituents is 1. The predicted molar refractivity (Wildman–Crippen MR) is 103 cm³/mol. The number of phenols is 1. The number of nitrogens with zero attached hydrogens (tertiary/aromatic N) is 3. The highest BCUT2D eigenvalue weighted by atomic mass is 16.3. The number of hydrogen-bond acceptors (Lipinski definition) is 5. The minimum atomic E-state index is -0.683. The van der Waals surface area contributed by atoms with E-state index in [1.807, 2.05) is 6.92 Å². The van der Waals surface area contributed by atoms with Gasteiger partial charge in [0.1, 0.15) is 28.3 Å². The maximum Gasteiger partial charge on any atom is 0.254 e. The Balaban J connectivity index is 2.05. The van der Waals surface area contributed by atoms with E-state index in [0.717, 1.165) is 18.4 Å². The summed E-state index contributed by atoms with van der Waals surface area (Å²) in [6, 6.07) is 3.39. The zero-order chi connectivity index (χ0) is 19.3. The third-order valence-corrected chi connectivity index (χ3v) is 4.76. The molecular weight excluding hydrogens is 342 g/mol. The van der Waals surface area contributed by atoms with Crippen LogP contribution in [0.25, 0.3) is 16.9 Å². The second-order valence-electron chi connectivity index (χ2n) is 6.81. The molecule has 0 aliphatic heterocycles. The molecule has 2 heterocycles. The van der Waals surface area contributed by atoms with Crippen LogP contribution in [-0.4, -0.2) is 25.5 Å². The number of aromatic hydroxyl groups is 1. The molecule has 3 aromatic rings. The maximum atomic E-state index is 12.0. The molecule has 0 bridgehead atoms. The molecule has 1 saturated carbocycles. The number of amides is 1. The van der Waals surface area contributed by atoms with Crippen LogP contribution in [0, 0.1) is 31.6 Å². The van der Waals surface area contributed by atoms with Crippen molar-refractivity contribution < 1.29 is 9.90 Å². The van der Waals surface area contributed by atoms with Crippen LogP contribution < -0.4 is 11.5 Å². The summed E-state index contributed by atoms with van der Waals surface area (Å²) in [4.78, 5) is 21.0. The molecule has 1 aliphatic rings. The normalized spacial score (nSPS) is 13.4. The molecule has 136 valence electrons. The largest absolute Gasteiger partial charge is 0.508 e. The molecule has 4 rings (SSSR count). The van der Waals surface area contributed by atoms with Gasteiger partial charge in [0.05, 0.1) is 11.9 Å². The van der Waals surface area contributed by atoms with Crippen molar-refractivity contribution in [2.45, 2.75) is 26.7 Å². The lowest BCUT2D eigenvalue weighted by atomic mass is 10.1. The van der Waals surface area contributed by atoms with Gasteiger partial charge in [0.15, 0.2) is 5.65 Å². The Labute approximate surface area is 156 Å². The zero-order valence-corrected chi connectivity index (χ0v) is 15.1. The lowest BCUT2D eigenvalue weighted by Gasteiger charge is -2.15. The summed E-state index contributed by atoms with van der Waals surface area (Å²) in [5.41, 5.74) is 15.3. The van der Waals surface area contributed by atoms with E-state index in [9.17, 15) is 9.90 Å². The van der Waals surface area contributed by atoms with Crippen LogP contribution in [-0.2, 0) is 0 Å². The molecule has 1 aromatic carbocycles. The van der Waals surface area contributed by atoms with Gasteiger partial charge in [-0.25, -0.2) is 9.97 Å². The third kappa shape index (κ3) is 2.75. The average Bonchev–Trinajstić information content (AvgIpc) is 3.41. The molecule has 27 heavy (non-hydrogen) atoms. The number of nitrogens with two attached hydrogens (primary N) is 2. The SMILES string of the molecule is Cc1ccc(O)c(C)c1-n1c(N)c(C(N)=O)c2ncc(C#CC3CC3)nc21. The number of carbonyl (C=O) groups is 1. The molecule has 0 radical (unpaired) electrons. The van der Waals surface area contributed by atoms with Crippen LogP contribution in [0.2, 0.25) is 0 Å². The van der Waals surface area contributed by atoms with Crippen LogP contribution in [0.4, 0.5) is 5.82 Å². The van der Waals surface area contributed by atoms with Crippen molar-refractivity contribution in [3.63, 3.8) is 0 Å². The monoisotopic (exact) mass is 361 g/mol. The van der Waals surface area contributed by atoms with Gasteiger partial charge < -0.3 is 16.6 Å². The predicted octanol–water partition coefficient (Wildman–Crippen LogP) is 2.19. The molecule has 7 nitrogen and oxygen atoms in total. The number of primary amides is 1. The molecule has 0 saturated heterocycles. The van der Waals surface area contributed by atoms with Crippen LogP contribution in [0.3, 0.4) is 0 Å². The summed E-state index contributed by atoms with van der Waals surface area (Å²) < 4.78 is 1.62. The fourth-order valence-corrected chi connectivity index (χ4v) is 3.16. The molecule has 7 heteroatoms. The first kappa shape index (κ1) is 16.9. The van der Waals surface area contributed by atoms with Gasteiger partial charge in [-0.3, -0.25) is 9.36 Å². The number of nitrogen functional groups attached to an aromatic ring is 1. The Morgan fingerprint density at radius 3 is 2.74 bits per heavy atom. The molecule has 0 unspecified atom stereocenters. The Morgan fingerprint density at radius 2 is 2.07 bits per heavy atom. The van der Waals surface area contributed by atoms with E-state index in [1.165, 1.54) is 6.20 Å². The smallest absolute Gasteiger partial charge is 0.254 e. The first-order valence-electron chi connectivity index (χ1n) is 8.66. The minimum absolute atomic E-state index is 0.112. The molecule has 0 atom stereocenters. The van der Waals surface area contributed by atoms with Gasteiger partial charge in [-0.05, 0) is 44.2 Å². The quantitative estimate of drug-likeness (QED) is 0.604. The minimum Gasteiger partial charge on any atom is -0.508 e. The summed E-state index contributed by atoms with van der Waals surface area (Å²) in [5.74, 6) is 6.19. The van der Waals surface area contributed by atoms with Crippen LogP contribution in [0.15, 0.2) is 18.3 Å². The van der Waals surface area contributed by atoms with E-state index < -0.39 is 5.91 Å². The van der Waals surface area contributed by atoms with Crippen molar-refractivity contribution in [1.29, 1.82) is 0 Å². The lowest BCUT2D eigenvalue weighted by molar-refractivity contribution is 0.100. The van der Waals surface area contributed by atoms with Gasteiger partial charge >= 0.3 is 0 Å². The van der Waals surface area contributed by atoms with Crippen molar-refractivity contribution in [1.82, 2.24) is 14.5 Å². The summed E-state index contributed by atoms with van der Waals surface area (Å²) in [6.45, 7) is 3.66. The molecule has 1 amide bonds. The maximum absolute atomic E-state index is 12.0. The number of rotatable bonds is 2. The van der Waals surface area contributed by atoms with E-state index in [0.29, 0.717) is 34.0 Å². The number of anilines is 1. The van der Waals surface area contributed by atoms with Gasteiger partial charge in [-0.2, -0.15) is 0 Å². The number of fused-ring (bicyclic) bond motifs is 1. The molecule has 1 aliphatic carbocycles. The second kappa shape index (κ2) is 6.02. The zero-order valence-electron chi connectivity index (χ0n) is 15.1. The standard InChI is InChI=1S/C20H19N5O2/c1-10-3-8-14(26)11(2)17(10)25-18(21)15(19(22)27)16-20(25)24-13(9-23-16)7-6-12-4-5-12/h3,8-9,12,26H,4-5,21H2,1-2H3,(H2,22,27). The number of hydrogen-bond donors (Lipinski definition) is 3. The molecule has 2 aromatic heterocycles. The van der Waals surface area contributed by atoms with Gasteiger partial charge in [0.2, 0.25) is 0 Å². The second-order valence-corrected chi connectivity index (χ2v) is 6.81. The Kier molecular flexibility index (Phi) is 3.77. The lowest BCUT2D eigenvalue weighted by Crippen LogP contribution is -2.14. The number of aryl methyl sites for hydroxylation is 1. The van der Waals surface area contributed by atoms with Crippen LogP contribution in [0.1, 0.15) is 40.0 Å². The van der Waals surface area contributed by atoms with Gasteiger partial charge in [-0.1, -0.05) is 12.0 Å². The van der Waals surface area contributed by atoms with E-state index in [4.69, 9.17) is 11.5 Å². The fraction of sp³-hybridized carbons (Fsp3) is 0.250. The molecule has 0 spiro atoms. The number of benzene rings is 1. The van der Waals surface area contributed by atoms with Crippen molar-refractivity contribution in [2.24, 2.45) is 11.7 Å². The number of aromatic nitrogens is 3. The van der Waals surface area contributed by atoms with Crippen LogP contribution >= 0.6 is 0 Å². The first-order chi connectivity index (χ1) is 12.9. The highest BCUT2D eigenvalue weighted by molar-refractivity contribution is 6.09. The molecule has 1 fully saturated rings. The average molecular weight is 361 g/mol. The van der Waals surface area contributed by atoms with E-state index in [1.54, 1.807) is 23.6 Å². The molecular formula is C20H19N5O2. The Morgan fingerprint density at radius 1 is 1.33 bits per heavy atom. The highest BCUT2D eigenvalue weighted by Crippen LogP contribution is 2.34. The van der Waals surface area contributed by atoms with Crippen molar-refractivity contribution >= 4 is 22.9 Å². The highest BCUT2D eigenvalue weighted by Gasteiger charge is 2.25. The summed E-state index contributed by atoms with van der Waals surface area (Å²) in [5, 5.41) is 10.2. The van der Waals surface area contributed by atoms with Gasteiger partial charge in [-0.15, -0.1) is 0 Å². The van der Waals surface area contributed by atoms with Crippen LogP contribution in [0.5, 0.6) is 5.75 Å². The Bertz CT molecular complexity index is 1160. The fourth-order valence-electron chi connectivity index (χ4n) is 3.16.